The van der Waals surface area contributed by atoms with Crippen molar-refractivity contribution in [2.75, 3.05) is 0 Å². The minimum absolute atomic E-state index is 0.0908. The molecule has 0 atom stereocenters. The summed E-state index contributed by atoms with van der Waals surface area (Å²) in [6.45, 7) is 10.2. The van der Waals surface area contributed by atoms with E-state index < -0.39 is 33.9 Å². The second kappa shape index (κ2) is 6.76. The monoisotopic (exact) mass is 415 g/mol. The van der Waals surface area contributed by atoms with Gasteiger partial charge in [-0.3, -0.25) is 23.7 Å². The molecule has 7 heteroatoms. The largest absolute Gasteiger partial charge is 0.506 e. The molecule has 1 aliphatic carbocycles. The Hall–Kier alpha value is -2.54. The van der Waals surface area contributed by atoms with Crippen LogP contribution in [0.15, 0.2) is 22.5 Å². The van der Waals surface area contributed by atoms with Gasteiger partial charge in [0.1, 0.15) is 11.3 Å². The number of nitrogens with zero attached hydrogens (tertiary/aromatic N) is 1. The van der Waals surface area contributed by atoms with Gasteiger partial charge in [-0.15, -0.1) is 0 Å². The molecule has 0 saturated heterocycles. The quantitative estimate of drug-likeness (QED) is 0.356. The average molecular weight is 416 g/mol. The number of fused-ring (bicyclic) bond motifs is 1. The zero-order valence-electron chi connectivity index (χ0n) is 17.5. The van der Waals surface area contributed by atoms with E-state index in [-0.39, 0.29) is 10.4 Å². The van der Waals surface area contributed by atoms with E-state index in [0.29, 0.717) is 23.2 Å². The SMILES string of the molecule is CCCn1c(=O)sc2ccc(C(O)=C3C(=O)C(C)(C)C(=O)C(C)(C)C3=O)c(C)c21. The molecule has 3 rings (SSSR count). The van der Waals surface area contributed by atoms with E-state index in [1.807, 2.05) is 6.92 Å². The Kier molecular flexibility index (Phi) is 4.94. The maximum atomic E-state index is 13.0. The third kappa shape index (κ3) is 2.90. The van der Waals surface area contributed by atoms with Gasteiger partial charge < -0.3 is 5.11 Å². The number of aromatic nitrogens is 1. The zero-order valence-corrected chi connectivity index (χ0v) is 18.3. The van der Waals surface area contributed by atoms with E-state index in [2.05, 4.69) is 0 Å². The first kappa shape index (κ1) is 21.2. The maximum Gasteiger partial charge on any atom is 0.308 e. The Morgan fingerprint density at radius 3 is 2.10 bits per heavy atom. The van der Waals surface area contributed by atoms with E-state index in [1.54, 1.807) is 23.6 Å². The molecule has 29 heavy (non-hydrogen) atoms. The zero-order chi connectivity index (χ0) is 21.9. The van der Waals surface area contributed by atoms with Crippen LogP contribution >= 0.6 is 11.3 Å². The molecule has 1 saturated carbocycles. The fraction of sp³-hybridized carbons (Fsp3) is 0.455. The summed E-state index contributed by atoms with van der Waals surface area (Å²) in [6, 6.07) is 3.33. The number of allylic oxidation sites excluding steroid dienone is 1. The Morgan fingerprint density at radius 1 is 1.03 bits per heavy atom. The summed E-state index contributed by atoms with van der Waals surface area (Å²) >= 11 is 1.12. The Bertz CT molecular complexity index is 1130. The summed E-state index contributed by atoms with van der Waals surface area (Å²) in [5, 5.41) is 11.0. The highest BCUT2D eigenvalue weighted by Crippen LogP contribution is 2.43. The standard InChI is InChI=1S/C22H25NO5S/c1-7-10-23-15-11(2)12(8-9-13(15)29-20(23)28)16(24)14-17(25)21(3,4)19(27)22(5,6)18(14)26/h8-9,24H,7,10H2,1-6H3. The number of ketones is 3. The van der Waals surface area contributed by atoms with Gasteiger partial charge in [-0.25, -0.2) is 0 Å². The number of carbonyl (C=O) groups is 3. The van der Waals surface area contributed by atoms with E-state index >= 15 is 0 Å². The summed E-state index contributed by atoms with van der Waals surface area (Å²) in [5.41, 5.74) is -1.54. The van der Waals surface area contributed by atoms with Gasteiger partial charge in [0.2, 0.25) is 0 Å². The molecule has 0 aliphatic heterocycles. The van der Waals surface area contributed by atoms with Gasteiger partial charge in [0.05, 0.1) is 21.0 Å². The van der Waals surface area contributed by atoms with Gasteiger partial charge in [0.25, 0.3) is 0 Å². The first-order valence-corrected chi connectivity index (χ1v) is 10.4. The van der Waals surface area contributed by atoms with Crippen molar-refractivity contribution >= 4 is 44.7 Å². The van der Waals surface area contributed by atoms with E-state index in [4.69, 9.17) is 0 Å². The van der Waals surface area contributed by atoms with Crippen molar-refractivity contribution in [3.63, 3.8) is 0 Å². The Morgan fingerprint density at radius 2 is 1.59 bits per heavy atom. The highest BCUT2D eigenvalue weighted by molar-refractivity contribution is 7.16. The molecule has 1 aliphatic rings. The van der Waals surface area contributed by atoms with Gasteiger partial charge in [0.15, 0.2) is 17.3 Å². The first-order chi connectivity index (χ1) is 13.4. The number of hydrogen-bond acceptors (Lipinski definition) is 6. The molecule has 1 aromatic heterocycles. The van der Waals surface area contributed by atoms with E-state index in [0.717, 1.165) is 22.5 Å². The molecule has 6 nitrogen and oxygen atoms in total. The van der Waals surface area contributed by atoms with E-state index in [9.17, 15) is 24.3 Å². The summed E-state index contributed by atoms with van der Waals surface area (Å²) in [6.07, 6.45) is 0.768. The van der Waals surface area contributed by atoms with Crippen molar-refractivity contribution in [2.24, 2.45) is 10.8 Å². The number of aliphatic hydroxyl groups is 1. The van der Waals surface area contributed by atoms with Crippen LogP contribution in [-0.4, -0.2) is 27.0 Å². The Balaban J connectivity index is 2.32. The second-order valence-electron chi connectivity index (χ2n) is 8.57. The Labute approximate surface area is 172 Å². The molecule has 0 spiro atoms. The number of Topliss-reactive ketones (excluding diaryl/α,β-unsaturated/α-hetero) is 3. The number of carbonyl (C=O) groups excluding carboxylic acids is 3. The van der Waals surface area contributed by atoms with Crippen molar-refractivity contribution in [1.82, 2.24) is 4.57 Å². The molecule has 2 aromatic rings. The van der Waals surface area contributed by atoms with Gasteiger partial charge >= 0.3 is 4.87 Å². The van der Waals surface area contributed by atoms with Crippen LogP contribution < -0.4 is 4.87 Å². The third-order valence-corrected chi connectivity index (χ3v) is 6.69. The molecule has 0 amide bonds. The van der Waals surface area contributed by atoms with Crippen LogP contribution in [0.2, 0.25) is 0 Å². The van der Waals surface area contributed by atoms with Crippen LogP contribution in [0.5, 0.6) is 0 Å². The molecular formula is C22H25NO5S. The lowest BCUT2D eigenvalue weighted by atomic mass is 9.60. The minimum atomic E-state index is -1.41. The maximum absolute atomic E-state index is 13.0. The van der Waals surface area contributed by atoms with Crippen LogP contribution in [0.1, 0.15) is 52.2 Å². The predicted octanol–water partition coefficient (Wildman–Crippen LogP) is 3.82. The molecule has 154 valence electrons. The van der Waals surface area contributed by atoms with Crippen LogP contribution in [0.3, 0.4) is 0 Å². The smallest absolute Gasteiger partial charge is 0.308 e. The normalized spacial score (nSPS) is 18.6. The number of aliphatic hydroxyl groups excluding tert-OH is 1. The van der Waals surface area contributed by atoms with Gasteiger partial charge in [-0.05, 0) is 58.7 Å². The van der Waals surface area contributed by atoms with Crippen molar-refractivity contribution in [3.8, 4) is 0 Å². The molecule has 1 fully saturated rings. The summed E-state index contributed by atoms with van der Waals surface area (Å²) in [7, 11) is 0. The van der Waals surface area contributed by atoms with Gasteiger partial charge in [0, 0.05) is 12.1 Å². The second-order valence-corrected chi connectivity index (χ2v) is 9.56. The lowest BCUT2D eigenvalue weighted by molar-refractivity contribution is -0.151. The van der Waals surface area contributed by atoms with Crippen molar-refractivity contribution in [3.05, 3.63) is 38.5 Å². The average Bonchev–Trinajstić information content (AvgIpc) is 2.96. The predicted molar refractivity (Wildman–Crippen MR) is 113 cm³/mol. The topological polar surface area (TPSA) is 93.4 Å². The minimum Gasteiger partial charge on any atom is -0.506 e. The highest BCUT2D eigenvalue weighted by Gasteiger charge is 2.56. The lowest BCUT2D eigenvalue weighted by Gasteiger charge is -2.37. The number of rotatable bonds is 3. The fourth-order valence-corrected chi connectivity index (χ4v) is 5.06. The molecule has 1 aromatic carbocycles. The van der Waals surface area contributed by atoms with Crippen molar-refractivity contribution in [1.29, 1.82) is 0 Å². The van der Waals surface area contributed by atoms with E-state index in [1.165, 1.54) is 27.7 Å². The number of benzene rings is 1. The van der Waals surface area contributed by atoms with Gasteiger partial charge in [-0.2, -0.15) is 0 Å². The molecule has 0 unspecified atom stereocenters. The molecule has 0 bridgehead atoms. The van der Waals surface area contributed by atoms with Crippen LogP contribution in [0.4, 0.5) is 0 Å². The summed E-state index contributed by atoms with van der Waals surface area (Å²) < 4.78 is 2.43. The lowest BCUT2D eigenvalue weighted by Crippen LogP contribution is -2.54. The molecular weight excluding hydrogens is 390 g/mol. The number of thiazole rings is 1. The van der Waals surface area contributed by atoms with Crippen molar-refractivity contribution < 1.29 is 19.5 Å². The first-order valence-electron chi connectivity index (χ1n) is 9.58. The summed E-state index contributed by atoms with van der Waals surface area (Å²) in [4.78, 5) is 50.9. The number of hydrogen-bond donors (Lipinski definition) is 1. The van der Waals surface area contributed by atoms with Crippen LogP contribution in [-0.2, 0) is 20.9 Å². The molecule has 1 heterocycles. The highest BCUT2D eigenvalue weighted by atomic mass is 32.1. The molecule has 1 N–H and O–H groups in total. The van der Waals surface area contributed by atoms with Crippen molar-refractivity contribution in [2.45, 2.75) is 54.5 Å². The molecule has 0 radical (unpaired) electrons. The fourth-order valence-electron chi connectivity index (χ4n) is 4.08. The van der Waals surface area contributed by atoms with Gasteiger partial charge in [-0.1, -0.05) is 18.3 Å². The van der Waals surface area contributed by atoms with Crippen LogP contribution in [0, 0.1) is 17.8 Å². The summed E-state index contributed by atoms with van der Waals surface area (Å²) in [5.74, 6) is -2.26. The number of aryl methyl sites for hydroxylation is 2. The van der Waals surface area contributed by atoms with Crippen LogP contribution in [0.25, 0.3) is 16.0 Å². The third-order valence-electron chi connectivity index (χ3n) is 5.75.